The molecule has 0 saturated carbocycles. The number of benzene rings is 2. The molecular weight excluding hydrogens is 366 g/mol. The molecule has 2 aromatic carbocycles. The molecule has 3 aromatic rings. The van der Waals surface area contributed by atoms with Gasteiger partial charge in [0.25, 0.3) is 5.91 Å². The van der Waals surface area contributed by atoms with Crippen molar-refractivity contribution >= 4 is 5.91 Å². The van der Waals surface area contributed by atoms with Crippen molar-refractivity contribution < 1.29 is 14.3 Å². The van der Waals surface area contributed by atoms with Gasteiger partial charge in [0.1, 0.15) is 6.33 Å². The van der Waals surface area contributed by atoms with Gasteiger partial charge in [-0.25, -0.2) is 9.97 Å². The molecule has 0 radical (unpaired) electrons. The predicted molar refractivity (Wildman–Crippen MR) is 112 cm³/mol. The fourth-order valence-electron chi connectivity index (χ4n) is 2.74. The first kappa shape index (κ1) is 20.3. The van der Waals surface area contributed by atoms with Crippen LogP contribution in [0.4, 0.5) is 0 Å². The van der Waals surface area contributed by atoms with Crippen molar-refractivity contribution in [2.75, 3.05) is 13.7 Å². The average Bonchev–Trinajstić information content (AvgIpc) is 2.74. The molecule has 0 saturated heterocycles. The largest absolute Gasteiger partial charge is 0.493 e. The number of para-hydroxylation sites is 2. The fraction of sp³-hybridized carbons (Fsp3) is 0.261. The molecule has 150 valence electrons. The molecule has 0 atom stereocenters. The van der Waals surface area contributed by atoms with Gasteiger partial charge >= 0.3 is 0 Å². The molecule has 0 aliphatic heterocycles. The van der Waals surface area contributed by atoms with E-state index in [1.807, 2.05) is 36.4 Å². The Hall–Kier alpha value is -3.41. The van der Waals surface area contributed by atoms with Gasteiger partial charge in [-0.15, -0.1) is 0 Å². The van der Waals surface area contributed by atoms with Crippen LogP contribution in [0.1, 0.15) is 30.6 Å². The van der Waals surface area contributed by atoms with E-state index >= 15 is 0 Å². The van der Waals surface area contributed by atoms with E-state index in [0.29, 0.717) is 41.1 Å². The van der Waals surface area contributed by atoms with Crippen LogP contribution in [0.25, 0.3) is 11.3 Å². The fourth-order valence-corrected chi connectivity index (χ4v) is 2.74. The number of rotatable bonds is 8. The number of ether oxygens (including phenoxy) is 2. The highest BCUT2D eigenvalue weighted by molar-refractivity contribution is 5.94. The Morgan fingerprint density at radius 1 is 1.03 bits per heavy atom. The zero-order valence-corrected chi connectivity index (χ0v) is 16.9. The predicted octanol–water partition coefficient (Wildman–Crippen LogP) is 4.72. The number of nitrogens with one attached hydrogen (secondary N) is 1. The lowest BCUT2D eigenvalue weighted by molar-refractivity contribution is 0.0952. The van der Waals surface area contributed by atoms with Crippen LogP contribution in [0.5, 0.6) is 17.4 Å². The van der Waals surface area contributed by atoms with Crippen molar-refractivity contribution in [3.63, 3.8) is 0 Å². The minimum absolute atomic E-state index is 0.0694. The topological polar surface area (TPSA) is 73.3 Å². The quantitative estimate of drug-likeness (QED) is 0.601. The molecule has 29 heavy (non-hydrogen) atoms. The number of aromatic nitrogens is 2. The highest BCUT2D eigenvalue weighted by Crippen LogP contribution is 2.31. The Labute approximate surface area is 170 Å². The molecule has 1 aromatic heterocycles. The third kappa shape index (κ3) is 5.54. The van der Waals surface area contributed by atoms with Gasteiger partial charge in [0.2, 0.25) is 5.88 Å². The second-order valence-corrected chi connectivity index (χ2v) is 7.01. The number of carbonyl (C=O) groups is 1. The molecule has 1 amide bonds. The molecule has 0 unspecified atom stereocenters. The number of methoxy groups -OCH3 is 1. The smallest absolute Gasteiger partial charge is 0.251 e. The highest BCUT2D eigenvalue weighted by Gasteiger charge is 2.09. The molecule has 6 heteroatoms. The molecule has 1 N–H and O–H groups in total. The van der Waals surface area contributed by atoms with Crippen LogP contribution in [-0.2, 0) is 0 Å². The monoisotopic (exact) mass is 391 g/mol. The van der Waals surface area contributed by atoms with Gasteiger partial charge in [-0.05, 0) is 36.6 Å². The van der Waals surface area contributed by atoms with Gasteiger partial charge in [0.15, 0.2) is 11.5 Å². The normalized spacial score (nSPS) is 10.6. The lowest BCUT2D eigenvalue weighted by Gasteiger charge is -2.10. The maximum atomic E-state index is 12.2. The van der Waals surface area contributed by atoms with Gasteiger partial charge in [0, 0.05) is 23.7 Å². The van der Waals surface area contributed by atoms with Crippen molar-refractivity contribution in [1.82, 2.24) is 15.3 Å². The van der Waals surface area contributed by atoms with Crippen LogP contribution in [0, 0.1) is 5.92 Å². The standard InChI is InChI=1S/C23H25N3O3/c1-16(2)12-13-24-23(27)18-10-8-17(9-11-18)19-14-22(26-15-25-19)29-21-7-5-4-6-20(21)28-3/h4-11,14-16H,12-13H2,1-3H3,(H,24,27). The Bertz CT molecular complexity index is 956. The van der Waals surface area contributed by atoms with Gasteiger partial charge in [-0.1, -0.05) is 38.1 Å². The third-order valence-corrected chi connectivity index (χ3v) is 4.38. The van der Waals surface area contributed by atoms with Crippen molar-refractivity contribution in [2.45, 2.75) is 20.3 Å². The zero-order valence-electron chi connectivity index (χ0n) is 16.9. The summed E-state index contributed by atoms with van der Waals surface area (Å²) in [5.74, 6) is 2.10. The van der Waals surface area contributed by atoms with E-state index in [-0.39, 0.29) is 5.91 Å². The van der Waals surface area contributed by atoms with Crippen molar-refractivity contribution in [3.8, 4) is 28.6 Å². The summed E-state index contributed by atoms with van der Waals surface area (Å²) in [6, 6.07) is 16.5. The summed E-state index contributed by atoms with van der Waals surface area (Å²) in [5, 5.41) is 2.94. The number of amides is 1. The van der Waals surface area contributed by atoms with Crippen LogP contribution in [0.3, 0.4) is 0 Å². The Balaban J connectivity index is 1.71. The zero-order chi connectivity index (χ0) is 20.6. The first-order valence-electron chi connectivity index (χ1n) is 9.58. The van der Waals surface area contributed by atoms with Crippen LogP contribution >= 0.6 is 0 Å². The second-order valence-electron chi connectivity index (χ2n) is 7.01. The maximum Gasteiger partial charge on any atom is 0.251 e. The number of nitrogens with zero attached hydrogens (tertiary/aromatic N) is 2. The summed E-state index contributed by atoms with van der Waals surface area (Å²) < 4.78 is 11.2. The third-order valence-electron chi connectivity index (χ3n) is 4.38. The van der Waals surface area contributed by atoms with Crippen molar-refractivity contribution in [1.29, 1.82) is 0 Å². The van der Waals surface area contributed by atoms with E-state index < -0.39 is 0 Å². The SMILES string of the molecule is COc1ccccc1Oc1cc(-c2ccc(C(=O)NCCC(C)C)cc2)ncn1. The van der Waals surface area contributed by atoms with Gasteiger partial charge < -0.3 is 14.8 Å². The Morgan fingerprint density at radius 3 is 2.45 bits per heavy atom. The number of hydrogen-bond donors (Lipinski definition) is 1. The summed E-state index contributed by atoms with van der Waals surface area (Å²) in [6.45, 7) is 4.94. The lowest BCUT2D eigenvalue weighted by atomic mass is 10.1. The van der Waals surface area contributed by atoms with Gasteiger partial charge in [-0.2, -0.15) is 0 Å². The van der Waals surface area contributed by atoms with E-state index in [1.165, 1.54) is 6.33 Å². The van der Waals surface area contributed by atoms with Crippen LogP contribution < -0.4 is 14.8 Å². The second kappa shape index (κ2) is 9.68. The summed E-state index contributed by atoms with van der Waals surface area (Å²) in [7, 11) is 1.59. The van der Waals surface area contributed by atoms with Crippen molar-refractivity contribution in [2.24, 2.45) is 5.92 Å². The van der Waals surface area contributed by atoms with E-state index in [9.17, 15) is 4.79 Å². The average molecular weight is 391 g/mol. The van der Waals surface area contributed by atoms with E-state index in [0.717, 1.165) is 12.0 Å². The van der Waals surface area contributed by atoms with Gasteiger partial charge in [-0.3, -0.25) is 4.79 Å². The van der Waals surface area contributed by atoms with Crippen LogP contribution in [-0.4, -0.2) is 29.5 Å². The first-order valence-corrected chi connectivity index (χ1v) is 9.58. The van der Waals surface area contributed by atoms with Crippen LogP contribution in [0.2, 0.25) is 0 Å². The number of hydrogen-bond acceptors (Lipinski definition) is 5. The van der Waals surface area contributed by atoms with Crippen molar-refractivity contribution in [3.05, 3.63) is 66.5 Å². The molecular formula is C23H25N3O3. The van der Waals surface area contributed by atoms with E-state index in [4.69, 9.17) is 9.47 Å². The summed E-state index contributed by atoms with van der Waals surface area (Å²) >= 11 is 0. The lowest BCUT2D eigenvalue weighted by Crippen LogP contribution is -2.25. The van der Waals surface area contributed by atoms with E-state index in [2.05, 4.69) is 29.1 Å². The molecule has 0 bridgehead atoms. The molecule has 6 nitrogen and oxygen atoms in total. The molecule has 0 aliphatic rings. The highest BCUT2D eigenvalue weighted by atomic mass is 16.5. The Kier molecular flexibility index (Phi) is 6.79. The molecule has 0 fully saturated rings. The Morgan fingerprint density at radius 2 is 1.76 bits per heavy atom. The maximum absolute atomic E-state index is 12.2. The summed E-state index contributed by atoms with van der Waals surface area (Å²) in [5.41, 5.74) is 2.20. The summed E-state index contributed by atoms with van der Waals surface area (Å²) in [6.07, 6.45) is 2.41. The van der Waals surface area contributed by atoms with Crippen LogP contribution in [0.15, 0.2) is 60.9 Å². The molecule has 1 heterocycles. The summed E-state index contributed by atoms with van der Waals surface area (Å²) in [4.78, 5) is 20.7. The molecule has 0 spiro atoms. The number of carbonyl (C=O) groups excluding carboxylic acids is 1. The van der Waals surface area contributed by atoms with E-state index in [1.54, 1.807) is 25.3 Å². The first-order chi connectivity index (χ1) is 14.1. The minimum Gasteiger partial charge on any atom is -0.493 e. The molecule has 3 rings (SSSR count). The molecule has 0 aliphatic carbocycles. The minimum atomic E-state index is -0.0694. The van der Waals surface area contributed by atoms with Gasteiger partial charge in [0.05, 0.1) is 12.8 Å².